The monoisotopic (exact) mass is 243 g/mol. The molecule has 1 aliphatic carbocycles. The zero-order chi connectivity index (χ0) is 12.4. The normalized spacial score (nSPS) is 16.9. The highest BCUT2D eigenvalue weighted by molar-refractivity contribution is 5.75. The fourth-order valence-electron chi connectivity index (χ4n) is 2.57. The van der Waals surface area contributed by atoms with Gasteiger partial charge in [0.2, 0.25) is 0 Å². The molecule has 0 saturated heterocycles. The van der Waals surface area contributed by atoms with Gasteiger partial charge in [-0.3, -0.25) is 4.79 Å². The summed E-state index contributed by atoms with van der Waals surface area (Å²) in [7, 11) is 0. The van der Waals surface area contributed by atoms with Crippen LogP contribution in [0.15, 0.2) is 29.1 Å². The van der Waals surface area contributed by atoms with E-state index in [2.05, 4.69) is 15.3 Å². The molecule has 4 heteroatoms. The average molecular weight is 243 g/mol. The van der Waals surface area contributed by atoms with E-state index in [0.717, 1.165) is 23.9 Å². The molecule has 0 aliphatic heterocycles. The number of para-hydroxylation sites is 2. The molecule has 0 bridgehead atoms. The Labute approximate surface area is 105 Å². The van der Waals surface area contributed by atoms with Crippen molar-refractivity contribution in [1.82, 2.24) is 9.97 Å². The number of hydrogen-bond donors (Lipinski definition) is 2. The van der Waals surface area contributed by atoms with Crippen molar-refractivity contribution in [3.8, 4) is 0 Å². The Morgan fingerprint density at radius 3 is 2.78 bits per heavy atom. The molecule has 94 valence electrons. The van der Waals surface area contributed by atoms with Gasteiger partial charge in [0.25, 0.3) is 5.56 Å². The minimum absolute atomic E-state index is 0.126. The molecule has 18 heavy (non-hydrogen) atoms. The summed E-state index contributed by atoms with van der Waals surface area (Å²) in [5.74, 6) is 0.459. The van der Waals surface area contributed by atoms with Crippen LogP contribution in [0.2, 0.25) is 0 Å². The van der Waals surface area contributed by atoms with E-state index in [1.54, 1.807) is 0 Å². The number of aromatic amines is 1. The number of nitrogens with one attached hydrogen (secondary N) is 2. The highest BCUT2D eigenvalue weighted by atomic mass is 16.1. The number of nitrogens with zero attached hydrogens (tertiary/aromatic N) is 1. The Balaban J connectivity index is 1.91. The lowest BCUT2D eigenvalue weighted by molar-refractivity contribution is 0.461. The van der Waals surface area contributed by atoms with E-state index in [1.807, 2.05) is 24.3 Å². The number of aromatic nitrogens is 2. The molecule has 2 N–H and O–H groups in total. The summed E-state index contributed by atoms with van der Waals surface area (Å²) < 4.78 is 0. The Kier molecular flexibility index (Phi) is 3.00. The molecule has 0 radical (unpaired) electrons. The fraction of sp³-hybridized carbons (Fsp3) is 0.429. The van der Waals surface area contributed by atoms with Gasteiger partial charge < -0.3 is 10.3 Å². The summed E-state index contributed by atoms with van der Waals surface area (Å²) in [6.45, 7) is 0. The number of hydrogen-bond acceptors (Lipinski definition) is 3. The van der Waals surface area contributed by atoms with Crippen LogP contribution in [0.3, 0.4) is 0 Å². The highest BCUT2D eigenvalue weighted by Crippen LogP contribution is 2.20. The van der Waals surface area contributed by atoms with Crippen molar-refractivity contribution >= 4 is 16.9 Å². The number of H-pyrrole nitrogens is 1. The van der Waals surface area contributed by atoms with Gasteiger partial charge in [-0.25, -0.2) is 4.98 Å². The van der Waals surface area contributed by atoms with Crippen molar-refractivity contribution < 1.29 is 0 Å². The van der Waals surface area contributed by atoms with Crippen LogP contribution in [0.4, 0.5) is 5.82 Å². The fourth-order valence-corrected chi connectivity index (χ4v) is 2.57. The van der Waals surface area contributed by atoms with Crippen molar-refractivity contribution in [3.63, 3.8) is 0 Å². The average Bonchev–Trinajstić information content (AvgIpc) is 2.41. The lowest BCUT2D eigenvalue weighted by Crippen LogP contribution is -2.27. The van der Waals surface area contributed by atoms with Crippen molar-refractivity contribution in [2.24, 2.45) is 0 Å². The van der Waals surface area contributed by atoms with E-state index in [9.17, 15) is 4.79 Å². The summed E-state index contributed by atoms with van der Waals surface area (Å²) in [6.07, 6.45) is 6.05. The van der Waals surface area contributed by atoms with Crippen LogP contribution in [0.25, 0.3) is 11.0 Å². The third-order valence-corrected chi connectivity index (χ3v) is 3.55. The molecule has 1 heterocycles. The Bertz CT molecular complexity index is 599. The molecule has 3 rings (SSSR count). The van der Waals surface area contributed by atoms with Gasteiger partial charge in [0.05, 0.1) is 11.0 Å². The predicted octanol–water partition coefficient (Wildman–Crippen LogP) is 2.67. The lowest BCUT2D eigenvalue weighted by atomic mass is 9.95. The van der Waals surface area contributed by atoms with E-state index in [1.165, 1.54) is 19.3 Å². The molecule has 0 unspecified atom stereocenters. The van der Waals surface area contributed by atoms with Gasteiger partial charge in [0, 0.05) is 6.04 Å². The van der Waals surface area contributed by atoms with Gasteiger partial charge >= 0.3 is 0 Å². The van der Waals surface area contributed by atoms with Gasteiger partial charge in [-0.15, -0.1) is 0 Å². The standard InChI is InChI=1S/C14H17N3O/c18-14-13(15-10-6-2-1-3-7-10)16-11-8-4-5-9-12(11)17-14/h4-5,8-10H,1-3,6-7H2,(H,15,16)(H,17,18). The number of benzene rings is 1. The second-order valence-electron chi connectivity index (χ2n) is 4.91. The molecule has 0 spiro atoms. The molecule has 1 saturated carbocycles. The Hall–Kier alpha value is -1.84. The van der Waals surface area contributed by atoms with Crippen LogP contribution in [0.5, 0.6) is 0 Å². The summed E-state index contributed by atoms with van der Waals surface area (Å²) in [6, 6.07) is 8.01. The summed E-state index contributed by atoms with van der Waals surface area (Å²) in [4.78, 5) is 19.2. The van der Waals surface area contributed by atoms with Crippen LogP contribution >= 0.6 is 0 Å². The third kappa shape index (κ3) is 2.23. The minimum atomic E-state index is -0.126. The topological polar surface area (TPSA) is 57.8 Å². The molecular weight excluding hydrogens is 226 g/mol. The van der Waals surface area contributed by atoms with Crippen molar-refractivity contribution in [2.45, 2.75) is 38.1 Å². The molecule has 1 aromatic heterocycles. The molecule has 4 nitrogen and oxygen atoms in total. The van der Waals surface area contributed by atoms with Crippen LogP contribution in [-0.2, 0) is 0 Å². The second-order valence-corrected chi connectivity index (χ2v) is 4.91. The number of fused-ring (bicyclic) bond motifs is 1. The van der Waals surface area contributed by atoms with Crippen LogP contribution in [-0.4, -0.2) is 16.0 Å². The second kappa shape index (κ2) is 4.80. The smallest absolute Gasteiger partial charge is 0.291 e. The zero-order valence-electron chi connectivity index (χ0n) is 10.3. The molecule has 1 aromatic carbocycles. The van der Waals surface area contributed by atoms with Crippen LogP contribution in [0.1, 0.15) is 32.1 Å². The molecule has 0 amide bonds. The SMILES string of the molecule is O=c1[nH]c2ccccc2nc1NC1CCCCC1. The van der Waals surface area contributed by atoms with Crippen molar-refractivity contribution in [1.29, 1.82) is 0 Å². The summed E-state index contributed by atoms with van der Waals surface area (Å²) in [5.41, 5.74) is 1.49. The minimum Gasteiger partial charge on any atom is -0.363 e. The van der Waals surface area contributed by atoms with Gasteiger partial charge in [0.15, 0.2) is 5.82 Å². The van der Waals surface area contributed by atoms with E-state index >= 15 is 0 Å². The molecule has 1 fully saturated rings. The van der Waals surface area contributed by atoms with E-state index < -0.39 is 0 Å². The van der Waals surface area contributed by atoms with Crippen LogP contribution < -0.4 is 10.9 Å². The van der Waals surface area contributed by atoms with Gasteiger partial charge in [-0.2, -0.15) is 0 Å². The number of rotatable bonds is 2. The molecule has 1 aliphatic rings. The Morgan fingerprint density at radius 2 is 1.94 bits per heavy atom. The predicted molar refractivity (Wildman–Crippen MR) is 72.9 cm³/mol. The van der Waals surface area contributed by atoms with Crippen LogP contribution in [0, 0.1) is 0 Å². The molecular formula is C14H17N3O. The quantitative estimate of drug-likeness (QED) is 0.852. The first-order chi connectivity index (χ1) is 8.83. The molecule has 0 atom stereocenters. The van der Waals surface area contributed by atoms with Gasteiger partial charge in [0.1, 0.15) is 0 Å². The highest BCUT2D eigenvalue weighted by Gasteiger charge is 2.15. The van der Waals surface area contributed by atoms with E-state index in [4.69, 9.17) is 0 Å². The zero-order valence-corrected chi connectivity index (χ0v) is 10.3. The maximum absolute atomic E-state index is 11.9. The molecule has 2 aromatic rings. The number of anilines is 1. The van der Waals surface area contributed by atoms with Gasteiger partial charge in [-0.1, -0.05) is 31.4 Å². The first-order valence-corrected chi connectivity index (χ1v) is 6.58. The van der Waals surface area contributed by atoms with Gasteiger partial charge in [-0.05, 0) is 25.0 Å². The maximum Gasteiger partial charge on any atom is 0.291 e. The Morgan fingerprint density at radius 1 is 1.17 bits per heavy atom. The lowest BCUT2D eigenvalue weighted by Gasteiger charge is -2.22. The summed E-state index contributed by atoms with van der Waals surface area (Å²) >= 11 is 0. The maximum atomic E-state index is 11.9. The van der Waals surface area contributed by atoms with E-state index in [0.29, 0.717) is 11.9 Å². The van der Waals surface area contributed by atoms with E-state index in [-0.39, 0.29) is 5.56 Å². The van der Waals surface area contributed by atoms with Crippen molar-refractivity contribution in [3.05, 3.63) is 34.6 Å². The third-order valence-electron chi connectivity index (χ3n) is 3.55. The first kappa shape index (κ1) is 11.3. The van der Waals surface area contributed by atoms with Crippen molar-refractivity contribution in [2.75, 3.05) is 5.32 Å². The summed E-state index contributed by atoms with van der Waals surface area (Å²) in [5, 5.41) is 3.29. The largest absolute Gasteiger partial charge is 0.363 e. The first-order valence-electron chi connectivity index (χ1n) is 6.58.